The third-order valence-corrected chi connectivity index (χ3v) is 6.05. The highest BCUT2D eigenvalue weighted by atomic mass is 32.2. The molecular formula is C21H21N3O3S. The Bertz CT molecular complexity index is 1130. The molecule has 1 heterocycles. The van der Waals surface area contributed by atoms with Crippen molar-refractivity contribution >= 4 is 32.8 Å². The second-order valence-corrected chi connectivity index (χ2v) is 8.33. The molecule has 6 nitrogen and oxygen atoms in total. The Kier molecular flexibility index (Phi) is 4.60. The first-order chi connectivity index (χ1) is 13.5. The summed E-state index contributed by atoms with van der Waals surface area (Å²) >= 11 is 0. The largest absolute Gasteiger partial charge is 0.497 e. The van der Waals surface area contributed by atoms with Gasteiger partial charge in [-0.1, -0.05) is 23.8 Å². The van der Waals surface area contributed by atoms with Gasteiger partial charge in [0.05, 0.1) is 29.1 Å². The number of hydrogen-bond acceptors (Lipinski definition) is 5. The molecule has 0 aliphatic carbocycles. The predicted octanol–water partition coefficient (Wildman–Crippen LogP) is 4.47. The smallest absolute Gasteiger partial charge is 0.261 e. The van der Waals surface area contributed by atoms with Crippen molar-refractivity contribution in [3.05, 3.63) is 71.8 Å². The van der Waals surface area contributed by atoms with Gasteiger partial charge in [-0.25, -0.2) is 8.42 Å². The Morgan fingerprint density at radius 3 is 2.54 bits per heavy atom. The van der Waals surface area contributed by atoms with Gasteiger partial charge >= 0.3 is 0 Å². The summed E-state index contributed by atoms with van der Waals surface area (Å²) in [5.74, 6) is 0.602. The van der Waals surface area contributed by atoms with Gasteiger partial charge in [-0.05, 0) is 55.0 Å². The van der Waals surface area contributed by atoms with Crippen LogP contribution in [0.3, 0.4) is 0 Å². The Hall–Kier alpha value is -3.19. The van der Waals surface area contributed by atoms with E-state index in [1.165, 1.54) is 17.7 Å². The van der Waals surface area contributed by atoms with E-state index in [1.807, 2.05) is 31.2 Å². The number of fused-ring (bicyclic) bond motifs is 2. The number of benzene rings is 3. The van der Waals surface area contributed by atoms with Crippen molar-refractivity contribution in [2.24, 2.45) is 0 Å². The number of para-hydroxylation sites is 1. The normalized spacial score (nSPS) is 12.6. The maximum atomic E-state index is 12.9. The van der Waals surface area contributed by atoms with Crippen molar-refractivity contribution in [3.8, 4) is 5.75 Å². The highest BCUT2D eigenvalue weighted by Crippen LogP contribution is 2.38. The summed E-state index contributed by atoms with van der Waals surface area (Å²) in [4.78, 5) is 0.170. The van der Waals surface area contributed by atoms with Crippen LogP contribution in [-0.2, 0) is 16.6 Å². The minimum Gasteiger partial charge on any atom is -0.497 e. The van der Waals surface area contributed by atoms with Gasteiger partial charge in [-0.2, -0.15) is 0 Å². The van der Waals surface area contributed by atoms with E-state index in [9.17, 15) is 8.42 Å². The van der Waals surface area contributed by atoms with Crippen LogP contribution in [-0.4, -0.2) is 15.5 Å². The van der Waals surface area contributed by atoms with Crippen molar-refractivity contribution in [1.29, 1.82) is 0 Å². The van der Waals surface area contributed by atoms with E-state index < -0.39 is 10.0 Å². The van der Waals surface area contributed by atoms with E-state index in [4.69, 9.17) is 4.74 Å². The van der Waals surface area contributed by atoms with Gasteiger partial charge in [-0.15, -0.1) is 0 Å². The lowest BCUT2D eigenvalue weighted by molar-refractivity contribution is 0.414. The molecule has 3 N–H and O–H groups in total. The van der Waals surface area contributed by atoms with Crippen LogP contribution in [0.2, 0.25) is 0 Å². The van der Waals surface area contributed by atoms with Crippen LogP contribution < -0.4 is 20.1 Å². The quantitative estimate of drug-likeness (QED) is 0.607. The van der Waals surface area contributed by atoms with Crippen molar-refractivity contribution in [2.45, 2.75) is 18.4 Å². The van der Waals surface area contributed by atoms with Gasteiger partial charge in [0.15, 0.2) is 0 Å². The first-order valence-corrected chi connectivity index (χ1v) is 10.3. The minimum absolute atomic E-state index is 0.170. The maximum Gasteiger partial charge on any atom is 0.261 e. The molecule has 3 aromatic rings. The van der Waals surface area contributed by atoms with Crippen LogP contribution in [0.4, 0.5) is 22.7 Å². The van der Waals surface area contributed by atoms with Gasteiger partial charge in [-0.3, -0.25) is 4.72 Å². The van der Waals surface area contributed by atoms with Crippen molar-refractivity contribution < 1.29 is 13.2 Å². The summed E-state index contributed by atoms with van der Waals surface area (Å²) in [6.45, 7) is 2.71. The summed E-state index contributed by atoms with van der Waals surface area (Å²) < 4.78 is 33.5. The lowest BCUT2D eigenvalue weighted by atomic mass is 10.1. The molecule has 0 saturated carbocycles. The lowest BCUT2D eigenvalue weighted by Gasteiger charge is -2.16. The van der Waals surface area contributed by atoms with Crippen LogP contribution in [0, 0.1) is 6.92 Å². The molecule has 7 heteroatoms. The molecule has 0 radical (unpaired) electrons. The van der Waals surface area contributed by atoms with E-state index in [2.05, 4.69) is 21.4 Å². The van der Waals surface area contributed by atoms with Gasteiger partial charge in [0.1, 0.15) is 5.75 Å². The molecule has 0 spiro atoms. The fourth-order valence-electron chi connectivity index (χ4n) is 3.19. The molecule has 1 aliphatic rings. The van der Waals surface area contributed by atoms with E-state index in [0.29, 0.717) is 23.7 Å². The van der Waals surface area contributed by atoms with Gasteiger partial charge in [0, 0.05) is 12.2 Å². The molecule has 144 valence electrons. The molecule has 28 heavy (non-hydrogen) atoms. The van der Waals surface area contributed by atoms with E-state index in [1.54, 1.807) is 25.3 Å². The number of hydrogen-bond donors (Lipinski definition) is 3. The van der Waals surface area contributed by atoms with Crippen LogP contribution in [0.15, 0.2) is 65.6 Å². The van der Waals surface area contributed by atoms with Crippen LogP contribution in [0.1, 0.15) is 11.1 Å². The Labute approximate surface area is 164 Å². The summed E-state index contributed by atoms with van der Waals surface area (Å²) in [7, 11) is -2.20. The van der Waals surface area contributed by atoms with Crippen molar-refractivity contribution in [2.75, 3.05) is 22.5 Å². The number of rotatable bonds is 4. The van der Waals surface area contributed by atoms with Gasteiger partial charge in [0.2, 0.25) is 0 Å². The van der Waals surface area contributed by atoms with Crippen molar-refractivity contribution in [1.82, 2.24) is 0 Å². The SMILES string of the molecule is COc1ccc(S(=O)(=O)Nc2cccc3c2Nc2ccc(C)cc2CN3)cc1. The number of sulfonamides is 1. The standard InChI is InChI=1S/C21H21N3O3S/c1-14-6-11-18-15(12-14)13-22-19-4-3-5-20(21(19)23-18)24-28(25,26)17-9-7-16(27-2)8-10-17/h3-12,22-24H,13H2,1-2H3. The Morgan fingerprint density at radius 2 is 1.79 bits per heavy atom. The fourth-order valence-corrected chi connectivity index (χ4v) is 4.27. The summed E-state index contributed by atoms with van der Waals surface area (Å²) in [5, 5.41) is 6.76. The lowest BCUT2D eigenvalue weighted by Crippen LogP contribution is -2.14. The molecular weight excluding hydrogens is 374 g/mol. The molecule has 0 bridgehead atoms. The molecule has 4 rings (SSSR count). The highest BCUT2D eigenvalue weighted by Gasteiger charge is 2.20. The molecule has 0 unspecified atom stereocenters. The molecule has 0 amide bonds. The minimum atomic E-state index is -3.74. The van der Waals surface area contributed by atoms with E-state index >= 15 is 0 Å². The topological polar surface area (TPSA) is 79.5 Å². The van der Waals surface area contributed by atoms with Crippen LogP contribution in [0.25, 0.3) is 0 Å². The number of methoxy groups -OCH3 is 1. The third kappa shape index (κ3) is 3.48. The first-order valence-electron chi connectivity index (χ1n) is 8.86. The van der Waals surface area contributed by atoms with Crippen molar-refractivity contribution in [3.63, 3.8) is 0 Å². The van der Waals surface area contributed by atoms with Gasteiger partial charge < -0.3 is 15.4 Å². The zero-order valence-electron chi connectivity index (χ0n) is 15.6. The van der Waals surface area contributed by atoms with Gasteiger partial charge in [0.25, 0.3) is 10.0 Å². The molecule has 0 saturated heterocycles. The number of ether oxygens (including phenoxy) is 1. The van der Waals surface area contributed by atoms with E-state index in [-0.39, 0.29) is 4.90 Å². The molecule has 3 aromatic carbocycles. The van der Waals surface area contributed by atoms with E-state index in [0.717, 1.165) is 16.9 Å². The summed E-state index contributed by atoms with van der Waals surface area (Å²) in [5.41, 5.74) is 5.27. The molecule has 0 aromatic heterocycles. The number of anilines is 4. The van der Waals surface area contributed by atoms with Crippen LogP contribution >= 0.6 is 0 Å². The third-order valence-electron chi connectivity index (χ3n) is 4.67. The average molecular weight is 395 g/mol. The summed E-state index contributed by atoms with van der Waals surface area (Å²) in [6, 6.07) is 17.9. The monoisotopic (exact) mass is 395 g/mol. The zero-order chi connectivity index (χ0) is 19.7. The molecule has 1 aliphatic heterocycles. The Morgan fingerprint density at radius 1 is 1.00 bits per heavy atom. The maximum absolute atomic E-state index is 12.9. The first kappa shape index (κ1) is 18.2. The molecule has 0 fully saturated rings. The second kappa shape index (κ2) is 7.09. The molecule has 0 atom stereocenters. The summed E-state index contributed by atoms with van der Waals surface area (Å²) in [6.07, 6.45) is 0. The fraction of sp³-hybridized carbons (Fsp3) is 0.143. The Balaban J connectivity index is 1.69. The average Bonchev–Trinajstić information content (AvgIpc) is 2.88. The highest BCUT2D eigenvalue weighted by molar-refractivity contribution is 7.92. The number of aryl methyl sites for hydroxylation is 1. The number of nitrogens with one attached hydrogen (secondary N) is 3. The second-order valence-electron chi connectivity index (χ2n) is 6.65. The zero-order valence-corrected chi connectivity index (χ0v) is 16.4. The van der Waals surface area contributed by atoms with Crippen LogP contribution in [0.5, 0.6) is 5.75 Å². The predicted molar refractivity (Wildman–Crippen MR) is 112 cm³/mol.